The lowest BCUT2D eigenvalue weighted by atomic mass is 10.0. The van der Waals surface area contributed by atoms with E-state index < -0.39 is 12.1 Å². The summed E-state index contributed by atoms with van der Waals surface area (Å²) in [4.78, 5) is 23.8. The average Bonchev–Trinajstić information content (AvgIpc) is 2.61. The largest absolute Gasteiger partial charge is 0.481 e. The third-order valence-electron chi connectivity index (χ3n) is 3.80. The fraction of sp³-hybridized carbons (Fsp3) is 0.300. The predicted molar refractivity (Wildman–Crippen MR) is 97.0 cm³/mol. The third kappa shape index (κ3) is 4.83. The Morgan fingerprint density at radius 3 is 2.20 bits per heavy atom. The van der Waals surface area contributed by atoms with Gasteiger partial charge in [-0.25, -0.2) is 4.79 Å². The Hall–Kier alpha value is -2.82. The molecule has 5 heteroatoms. The number of amides is 1. The summed E-state index contributed by atoms with van der Waals surface area (Å²) in [5.41, 5.74) is 2.29. The fourth-order valence-electron chi connectivity index (χ4n) is 2.39. The molecule has 0 aliphatic heterocycles. The summed E-state index contributed by atoms with van der Waals surface area (Å²) in [6.45, 7) is 5.84. The highest BCUT2D eigenvalue weighted by Gasteiger charge is 2.17. The molecule has 0 saturated heterocycles. The minimum Gasteiger partial charge on any atom is -0.481 e. The van der Waals surface area contributed by atoms with Crippen LogP contribution < -0.4 is 10.1 Å². The second kappa shape index (κ2) is 8.33. The van der Waals surface area contributed by atoms with Crippen molar-refractivity contribution < 1.29 is 19.1 Å². The van der Waals surface area contributed by atoms with Crippen molar-refractivity contribution in [2.24, 2.45) is 0 Å². The molecule has 0 heterocycles. The van der Waals surface area contributed by atoms with Gasteiger partial charge in [-0.3, -0.25) is 4.79 Å². The molecule has 1 atom stereocenters. The van der Waals surface area contributed by atoms with E-state index in [1.807, 2.05) is 24.3 Å². The van der Waals surface area contributed by atoms with Crippen LogP contribution in [0.3, 0.4) is 0 Å². The van der Waals surface area contributed by atoms with Gasteiger partial charge >= 0.3 is 5.97 Å². The molecule has 2 rings (SSSR count). The highest BCUT2D eigenvalue weighted by atomic mass is 16.5. The van der Waals surface area contributed by atoms with Gasteiger partial charge in [-0.1, -0.05) is 32.0 Å². The van der Waals surface area contributed by atoms with Crippen molar-refractivity contribution in [1.82, 2.24) is 0 Å². The molecule has 1 unspecified atom stereocenters. The first-order valence-corrected chi connectivity index (χ1v) is 8.17. The maximum Gasteiger partial charge on any atom is 0.337 e. The van der Waals surface area contributed by atoms with Crippen LogP contribution in [0.2, 0.25) is 0 Å². The van der Waals surface area contributed by atoms with Crippen molar-refractivity contribution in [1.29, 1.82) is 0 Å². The molecule has 0 radical (unpaired) electrons. The predicted octanol–water partition coefficient (Wildman–Crippen LogP) is 4.00. The average molecular weight is 341 g/mol. The first kappa shape index (κ1) is 18.5. The number of rotatable bonds is 6. The maximum atomic E-state index is 12.4. The Kier molecular flexibility index (Phi) is 6.17. The Morgan fingerprint density at radius 1 is 0.960 bits per heavy atom. The second-order valence-electron chi connectivity index (χ2n) is 6.01. The lowest BCUT2D eigenvalue weighted by molar-refractivity contribution is -0.122. The number of carbonyl (C=O) groups excluding carboxylic acids is 2. The van der Waals surface area contributed by atoms with E-state index in [4.69, 9.17) is 4.74 Å². The first-order valence-electron chi connectivity index (χ1n) is 8.17. The van der Waals surface area contributed by atoms with Gasteiger partial charge in [0.05, 0.1) is 12.7 Å². The number of esters is 1. The van der Waals surface area contributed by atoms with Crippen LogP contribution in [-0.2, 0) is 9.53 Å². The summed E-state index contributed by atoms with van der Waals surface area (Å²) in [5, 5.41) is 2.91. The van der Waals surface area contributed by atoms with Crippen LogP contribution in [-0.4, -0.2) is 25.1 Å². The molecule has 1 amide bonds. The monoisotopic (exact) mass is 341 g/mol. The van der Waals surface area contributed by atoms with Gasteiger partial charge < -0.3 is 14.8 Å². The highest BCUT2D eigenvalue weighted by Crippen LogP contribution is 2.24. The lowest BCUT2D eigenvalue weighted by Crippen LogP contribution is -2.30. The summed E-state index contributed by atoms with van der Waals surface area (Å²) in [6, 6.07) is 14.2. The number of hydrogen-bond acceptors (Lipinski definition) is 4. The molecule has 132 valence electrons. The van der Waals surface area contributed by atoms with Crippen LogP contribution in [0.1, 0.15) is 42.6 Å². The van der Waals surface area contributed by atoms with Gasteiger partial charge in [-0.2, -0.15) is 0 Å². The number of carbonyl (C=O) groups is 2. The van der Waals surface area contributed by atoms with E-state index in [0.717, 1.165) is 11.3 Å². The normalized spacial score (nSPS) is 11.7. The van der Waals surface area contributed by atoms with E-state index in [1.54, 1.807) is 31.2 Å². The molecule has 0 saturated carbocycles. The molecular formula is C20H23NO4. The Labute approximate surface area is 148 Å². The van der Waals surface area contributed by atoms with Gasteiger partial charge in [0.1, 0.15) is 5.75 Å². The number of ether oxygens (including phenoxy) is 2. The molecule has 0 aromatic heterocycles. The Morgan fingerprint density at radius 2 is 1.60 bits per heavy atom. The third-order valence-corrected chi connectivity index (χ3v) is 3.80. The zero-order valence-electron chi connectivity index (χ0n) is 14.9. The number of para-hydroxylation sites is 1. The number of methoxy groups -OCH3 is 1. The smallest absolute Gasteiger partial charge is 0.337 e. The number of benzene rings is 2. The standard InChI is InChI=1S/C20H23NO4/c1-13(2)17-7-5-6-8-18(17)21-19(22)14(3)25-16-11-9-15(10-12-16)20(23)24-4/h5-14H,1-4H3,(H,21,22). The van der Waals surface area contributed by atoms with E-state index in [0.29, 0.717) is 17.2 Å². The van der Waals surface area contributed by atoms with Crippen molar-refractivity contribution in [3.63, 3.8) is 0 Å². The Bertz CT molecular complexity index is 738. The van der Waals surface area contributed by atoms with Crippen LogP contribution in [0.15, 0.2) is 48.5 Å². The summed E-state index contributed by atoms with van der Waals surface area (Å²) in [7, 11) is 1.33. The van der Waals surface area contributed by atoms with Crippen LogP contribution in [0.25, 0.3) is 0 Å². The number of nitrogens with one attached hydrogen (secondary N) is 1. The van der Waals surface area contributed by atoms with E-state index in [-0.39, 0.29) is 5.91 Å². The molecule has 25 heavy (non-hydrogen) atoms. The summed E-state index contributed by atoms with van der Waals surface area (Å²) in [5.74, 6) is 0.166. The molecule has 1 N–H and O–H groups in total. The molecule has 0 aliphatic rings. The maximum absolute atomic E-state index is 12.4. The van der Waals surface area contributed by atoms with Crippen molar-refractivity contribution >= 4 is 17.6 Å². The molecule has 5 nitrogen and oxygen atoms in total. The van der Waals surface area contributed by atoms with Crippen LogP contribution >= 0.6 is 0 Å². The van der Waals surface area contributed by atoms with Gasteiger partial charge in [-0.15, -0.1) is 0 Å². The number of hydrogen-bond donors (Lipinski definition) is 1. The van der Waals surface area contributed by atoms with Gasteiger partial charge in [0.25, 0.3) is 5.91 Å². The second-order valence-corrected chi connectivity index (χ2v) is 6.01. The zero-order chi connectivity index (χ0) is 18.4. The van der Waals surface area contributed by atoms with E-state index in [1.165, 1.54) is 7.11 Å². The van der Waals surface area contributed by atoms with Gasteiger partial charge in [0.15, 0.2) is 6.10 Å². The minimum absolute atomic E-state index is 0.231. The number of anilines is 1. The van der Waals surface area contributed by atoms with Gasteiger partial charge in [-0.05, 0) is 48.7 Å². The highest BCUT2D eigenvalue weighted by molar-refractivity contribution is 5.95. The first-order chi connectivity index (χ1) is 11.9. The van der Waals surface area contributed by atoms with Crippen molar-refractivity contribution in [2.45, 2.75) is 32.8 Å². The molecule has 2 aromatic carbocycles. The van der Waals surface area contributed by atoms with Crippen LogP contribution in [0, 0.1) is 0 Å². The molecule has 2 aromatic rings. The van der Waals surface area contributed by atoms with Gasteiger partial charge in [0, 0.05) is 5.69 Å². The lowest BCUT2D eigenvalue weighted by Gasteiger charge is -2.18. The van der Waals surface area contributed by atoms with E-state index in [9.17, 15) is 9.59 Å². The Balaban J connectivity index is 2.02. The van der Waals surface area contributed by atoms with Crippen molar-refractivity contribution in [3.8, 4) is 5.75 Å². The van der Waals surface area contributed by atoms with Crippen LogP contribution in [0.4, 0.5) is 5.69 Å². The molecule has 0 aliphatic carbocycles. The van der Waals surface area contributed by atoms with Crippen LogP contribution in [0.5, 0.6) is 5.75 Å². The SMILES string of the molecule is COC(=O)c1ccc(OC(C)C(=O)Nc2ccccc2C(C)C)cc1. The topological polar surface area (TPSA) is 64.6 Å². The van der Waals surface area contributed by atoms with Crippen molar-refractivity contribution in [3.05, 3.63) is 59.7 Å². The van der Waals surface area contributed by atoms with E-state index in [2.05, 4.69) is 23.9 Å². The minimum atomic E-state index is -0.677. The fourth-order valence-corrected chi connectivity index (χ4v) is 2.39. The van der Waals surface area contributed by atoms with E-state index >= 15 is 0 Å². The zero-order valence-corrected chi connectivity index (χ0v) is 14.9. The summed E-state index contributed by atoms with van der Waals surface area (Å²) < 4.78 is 10.3. The summed E-state index contributed by atoms with van der Waals surface area (Å²) in [6.07, 6.45) is -0.677. The van der Waals surface area contributed by atoms with Gasteiger partial charge in [0.2, 0.25) is 0 Å². The molecule has 0 spiro atoms. The molecule has 0 bridgehead atoms. The molecule has 0 fully saturated rings. The summed E-state index contributed by atoms with van der Waals surface area (Å²) >= 11 is 0. The van der Waals surface area contributed by atoms with Crippen molar-refractivity contribution in [2.75, 3.05) is 12.4 Å². The quantitative estimate of drug-likeness (QED) is 0.807. The molecular weight excluding hydrogens is 318 g/mol.